The zero-order valence-corrected chi connectivity index (χ0v) is 14.1. The van der Waals surface area contributed by atoms with Gasteiger partial charge in [-0.25, -0.2) is 0 Å². The Kier molecular flexibility index (Phi) is 3.95. The Hall–Kier alpha value is -1.66. The zero-order valence-electron chi connectivity index (χ0n) is 13.2. The van der Waals surface area contributed by atoms with Crippen LogP contribution in [-0.4, -0.2) is 48.0 Å². The first-order valence-electron chi connectivity index (χ1n) is 8.17. The molecule has 0 saturated carbocycles. The first kappa shape index (κ1) is 14.9. The molecule has 0 radical (unpaired) electrons. The number of carbonyl (C=O) groups is 1. The van der Waals surface area contributed by atoms with Crippen molar-refractivity contribution in [3.05, 3.63) is 23.9 Å². The van der Waals surface area contributed by atoms with E-state index in [1.165, 1.54) is 37.5 Å². The lowest BCUT2D eigenvalue weighted by atomic mass is 9.84. The number of fused-ring (bicyclic) bond motifs is 4. The highest BCUT2D eigenvalue weighted by Gasteiger charge is 2.34. The van der Waals surface area contributed by atoms with Gasteiger partial charge in [0, 0.05) is 18.0 Å². The van der Waals surface area contributed by atoms with Crippen LogP contribution >= 0.6 is 11.5 Å². The minimum Gasteiger partial charge on any atom is -0.497 e. The maximum atomic E-state index is 12.4. The summed E-state index contributed by atoms with van der Waals surface area (Å²) in [5, 5.41) is 4.29. The SMILES string of the molecule is COc1ccc2c(CC(=O)NC3CN4CCC3CC4)nsc2c1. The van der Waals surface area contributed by atoms with Gasteiger partial charge >= 0.3 is 0 Å². The summed E-state index contributed by atoms with van der Waals surface area (Å²) in [7, 11) is 1.66. The van der Waals surface area contributed by atoms with Crippen LogP contribution in [0.15, 0.2) is 18.2 Å². The fraction of sp³-hybridized carbons (Fsp3) is 0.529. The van der Waals surface area contributed by atoms with E-state index in [1.807, 2.05) is 18.2 Å². The number of rotatable bonds is 4. The molecule has 4 heterocycles. The number of hydrogen-bond acceptors (Lipinski definition) is 5. The number of carbonyl (C=O) groups excluding carboxylic acids is 1. The van der Waals surface area contributed by atoms with E-state index in [1.54, 1.807) is 7.11 Å². The van der Waals surface area contributed by atoms with Gasteiger partial charge in [0.2, 0.25) is 5.91 Å². The second-order valence-electron chi connectivity index (χ2n) is 6.48. The average molecular weight is 331 g/mol. The molecule has 6 heteroatoms. The van der Waals surface area contributed by atoms with Crippen LogP contribution in [-0.2, 0) is 11.2 Å². The van der Waals surface area contributed by atoms with Gasteiger partial charge in [-0.15, -0.1) is 0 Å². The van der Waals surface area contributed by atoms with Crippen molar-refractivity contribution >= 4 is 27.5 Å². The number of benzene rings is 1. The number of aromatic nitrogens is 1. The summed E-state index contributed by atoms with van der Waals surface area (Å²) in [6.45, 7) is 3.39. The Balaban J connectivity index is 1.44. The van der Waals surface area contributed by atoms with Crippen molar-refractivity contribution in [2.45, 2.75) is 25.3 Å². The average Bonchev–Trinajstić information content (AvgIpc) is 2.98. The van der Waals surface area contributed by atoms with Gasteiger partial charge in [-0.3, -0.25) is 4.79 Å². The van der Waals surface area contributed by atoms with E-state index in [2.05, 4.69) is 14.6 Å². The normalized spacial score (nSPS) is 26.4. The summed E-state index contributed by atoms with van der Waals surface area (Å²) in [5.74, 6) is 1.57. The minimum absolute atomic E-state index is 0.0896. The molecule has 122 valence electrons. The minimum atomic E-state index is 0.0896. The van der Waals surface area contributed by atoms with Gasteiger partial charge in [-0.1, -0.05) is 0 Å². The van der Waals surface area contributed by atoms with Crippen LogP contribution in [0.25, 0.3) is 10.1 Å². The molecule has 2 aromatic rings. The number of nitrogens with one attached hydrogen (secondary N) is 1. The Labute approximate surface area is 139 Å². The molecule has 1 N–H and O–H groups in total. The van der Waals surface area contributed by atoms with Crippen molar-refractivity contribution in [2.75, 3.05) is 26.7 Å². The van der Waals surface area contributed by atoms with Crippen molar-refractivity contribution in [2.24, 2.45) is 5.92 Å². The molecule has 3 saturated heterocycles. The van der Waals surface area contributed by atoms with Gasteiger partial charge in [0.1, 0.15) is 5.75 Å². The van der Waals surface area contributed by atoms with Crippen molar-refractivity contribution in [3.8, 4) is 5.75 Å². The van der Waals surface area contributed by atoms with E-state index in [-0.39, 0.29) is 5.91 Å². The first-order chi connectivity index (χ1) is 11.2. The predicted octanol–water partition coefficient (Wildman–Crippen LogP) is 2.06. The maximum absolute atomic E-state index is 12.4. The Bertz CT molecular complexity index is 722. The van der Waals surface area contributed by atoms with E-state index in [0.717, 1.165) is 28.1 Å². The van der Waals surface area contributed by atoms with Crippen LogP contribution in [0.4, 0.5) is 0 Å². The fourth-order valence-corrected chi connectivity index (χ4v) is 4.59. The van der Waals surface area contributed by atoms with E-state index in [9.17, 15) is 4.79 Å². The molecule has 0 spiro atoms. The molecule has 1 aromatic carbocycles. The van der Waals surface area contributed by atoms with Crippen LogP contribution in [0.5, 0.6) is 5.75 Å². The lowest BCUT2D eigenvalue weighted by Crippen LogP contribution is -2.57. The van der Waals surface area contributed by atoms with E-state index >= 15 is 0 Å². The van der Waals surface area contributed by atoms with Crippen molar-refractivity contribution < 1.29 is 9.53 Å². The summed E-state index contributed by atoms with van der Waals surface area (Å²) >= 11 is 1.43. The predicted molar refractivity (Wildman–Crippen MR) is 91.0 cm³/mol. The highest BCUT2D eigenvalue weighted by Crippen LogP contribution is 2.29. The highest BCUT2D eigenvalue weighted by atomic mass is 32.1. The zero-order chi connectivity index (χ0) is 15.8. The summed E-state index contributed by atoms with van der Waals surface area (Å²) in [6, 6.07) is 6.21. The van der Waals surface area contributed by atoms with Gasteiger partial charge in [-0.05, 0) is 61.6 Å². The van der Waals surface area contributed by atoms with E-state index in [4.69, 9.17) is 4.74 Å². The third kappa shape index (κ3) is 2.93. The Morgan fingerprint density at radius 2 is 2.26 bits per heavy atom. The van der Waals surface area contributed by atoms with Gasteiger partial charge in [-0.2, -0.15) is 4.37 Å². The van der Waals surface area contributed by atoms with Crippen LogP contribution in [0.1, 0.15) is 18.5 Å². The molecule has 3 aliphatic heterocycles. The molecule has 3 aliphatic rings. The molecule has 2 bridgehead atoms. The van der Waals surface area contributed by atoms with Crippen molar-refractivity contribution in [1.82, 2.24) is 14.6 Å². The van der Waals surface area contributed by atoms with E-state index in [0.29, 0.717) is 18.4 Å². The maximum Gasteiger partial charge on any atom is 0.226 e. The van der Waals surface area contributed by atoms with Crippen molar-refractivity contribution in [3.63, 3.8) is 0 Å². The van der Waals surface area contributed by atoms with Crippen LogP contribution in [0, 0.1) is 5.92 Å². The van der Waals surface area contributed by atoms with Gasteiger partial charge in [0.15, 0.2) is 0 Å². The standard InChI is InChI=1S/C17H21N3O2S/c1-22-12-2-3-13-14(19-23-16(13)8-12)9-17(21)18-15-10-20-6-4-11(15)5-7-20/h2-3,8,11,15H,4-7,9-10H2,1H3,(H,18,21). The summed E-state index contributed by atoms with van der Waals surface area (Å²) in [4.78, 5) is 14.9. The lowest BCUT2D eigenvalue weighted by molar-refractivity contribution is -0.122. The topological polar surface area (TPSA) is 54.5 Å². The molecule has 0 aliphatic carbocycles. The summed E-state index contributed by atoms with van der Waals surface area (Å²) in [5.41, 5.74) is 0.867. The van der Waals surface area contributed by atoms with Crippen molar-refractivity contribution in [1.29, 1.82) is 0 Å². The quantitative estimate of drug-likeness (QED) is 0.932. The van der Waals surface area contributed by atoms with E-state index < -0.39 is 0 Å². The third-order valence-electron chi connectivity index (χ3n) is 5.08. The number of ether oxygens (including phenoxy) is 1. The molecule has 1 aromatic heterocycles. The smallest absolute Gasteiger partial charge is 0.226 e. The Morgan fingerprint density at radius 1 is 1.43 bits per heavy atom. The second-order valence-corrected chi connectivity index (χ2v) is 7.29. The molecule has 1 unspecified atom stereocenters. The largest absolute Gasteiger partial charge is 0.497 e. The van der Waals surface area contributed by atoms with Gasteiger partial charge in [0.25, 0.3) is 0 Å². The molecule has 1 atom stereocenters. The molecule has 5 rings (SSSR count). The van der Waals surface area contributed by atoms with Crippen LogP contribution in [0.3, 0.4) is 0 Å². The number of nitrogens with zero attached hydrogens (tertiary/aromatic N) is 2. The molecule has 5 nitrogen and oxygen atoms in total. The first-order valence-corrected chi connectivity index (χ1v) is 8.94. The van der Waals surface area contributed by atoms with Crippen LogP contribution in [0.2, 0.25) is 0 Å². The lowest BCUT2D eigenvalue weighted by Gasteiger charge is -2.44. The summed E-state index contributed by atoms with van der Waals surface area (Å²) < 4.78 is 10.8. The van der Waals surface area contributed by atoms with Gasteiger partial charge < -0.3 is 15.0 Å². The number of piperidine rings is 3. The molecule has 3 fully saturated rings. The Morgan fingerprint density at radius 3 is 2.96 bits per heavy atom. The molecule has 1 amide bonds. The number of methoxy groups -OCH3 is 1. The third-order valence-corrected chi connectivity index (χ3v) is 5.93. The highest BCUT2D eigenvalue weighted by molar-refractivity contribution is 7.13. The fourth-order valence-electron chi connectivity index (χ4n) is 3.76. The molecule has 23 heavy (non-hydrogen) atoms. The molecular weight excluding hydrogens is 310 g/mol. The number of hydrogen-bond donors (Lipinski definition) is 1. The molecular formula is C17H21N3O2S. The van der Waals surface area contributed by atoms with Crippen LogP contribution < -0.4 is 10.1 Å². The second kappa shape index (κ2) is 6.09. The number of amides is 1. The monoisotopic (exact) mass is 331 g/mol. The summed E-state index contributed by atoms with van der Waals surface area (Å²) in [6.07, 6.45) is 2.78. The van der Waals surface area contributed by atoms with Gasteiger partial charge in [0.05, 0.1) is 23.9 Å².